The third-order valence-electron chi connectivity index (χ3n) is 11.0. The first-order valence-electron chi connectivity index (χ1n) is 19.6. The molecule has 0 spiro atoms. The SMILES string of the molecule is CCCCC(C)CCCC(C)CCCC(C)CCCC(C)CCCC(C)CCCC(C)CCc1c(C)c(O)c(OC)c(OC)c1O. The van der Waals surface area contributed by atoms with E-state index in [-0.39, 0.29) is 23.0 Å². The summed E-state index contributed by atoms with van der Waals surface area (Å²) in [6.07, 6.45) is 26.5. The van der Waals surface area contributed by atoms with Crippen LogP contribution in [0, 0.1) is 42.4 Å². The minimum Gasteiger partial charge on any atom is -0.504 e. The number of phenols is 2. The lowest BCUT2D eigenvalue weighted by atomic mass is 9.88. The monoisotopic (exact) mass is 647 g/mol. The number of unbranched alkanes of at least 4 members (excludes halogenated alkanes) is 1. The molecule has 0 amide bonds. The molecule has 0 heterocycles. The van der Waals surface area contributed by atoms with Gasteiger partial charge in [-0.05, 0) is 55.3 Å². The highest BCUT2D eigenvalue weighted by Crippen LogP contribution is 2.48. The molecule has 46 heavy (non-hydrogen) atoms. The molecule has 1 aromatic carbocycles. The van der Waals surface area contributed by atoms with Crippen LogP contribution in [0.2, 0.25) is 0 Å². The van der Waals surface area contributed by atoms with Crippen molar-refractivity contribution in [3.63, 3.8) is 0 Å². The summed E-state index contributed by atoms with van der Waals surface area (Å²) in [5, 5.41) is 21.3. The Morgan fingerprint density at radius 3 is 1.04 bits per heavy atom. The number of phenolic OH excluding ortho intramolecular Hbond substituents is 2. The number of aromatic hydroxyl groups is 2. The Morgan fingerprint density at radius 1 is 0.457 bits per heavy atom. The summed E-state index contributed by atoms with van der Waals surface area (Å²) in [6.45, 7) is 18.8. The summed E-state index contributed by atoms with van der Waals surface area (Å²) in [7, 11) is 2.96. The first kappa shape index (κ1) is 42.4. The van der Waals surface area contributed by atoms with Crippen LogP contribution in [0.1, 0.15) is 182 Å². The topological polar surface area (TPSA) is 58.9 Å². The highest BCUT2D eigenvalue weighted by Gasteiger charge is 2.23. The first-order chi connectivity index (χ1) is 21.9. The Kier molecular flexibility index (Phi) is 22.6. The Labute approximate surface area is 286 Å². The fraction of sp³-hybridized carbons (Fsp3) is 0.857. The normalized spacial score (nSPS) is 15.7. The molecule has 1 rings (SSSR count). The lowest BCUT2D eigenvalue weighted by molar-refractivity contribution is 0.313. The lowest BCUT2D eigenvalue weighted by Gasteiger charge is -2.19. The van der Waals surface area contributed by atoms with Gasteiger partial charge >= 0.3 is 0 Å². The van der Waals surface area contributed by atoms with Gasteiger partial charge < -0.3 is 19.7 Å². The van der Waals surface area contributed by atoms with Gasteiger partial charge in [-0.3, -0.25) is 0 Å². The van der Waals surface area contributed by atoms with E-state index in [1.165, 1.54) is 130 Å². The molecule has 0 radical (unpaired) electrons. The van der Waals surface area contributed by atoms with Crippen molar-refractivity contribution in [1.82, 2.24) is 0 Å². The van der Waals surface area contributed by atoms with E-state index in [1.54, 1.807) is 0 Å². The van der Waals surface area contributed by atoms with Crippen molar-refractivity contribution in [1.29, 1.82) is 0 Å². The van der Waals surface area contributed by atoms with Crippen molar-refractivity contribution >= 4 is 0 Å². The van der Waals surface area contributed by atoms with Gasteiger partial charge in [0.2, 0.25) is 11.5 Å². The standard InChI is InChI=1S/C42H78O4/c1-11-12-18-31(2)19-13-20-32(3)21-14-22-33(4)23-15-24-34(5)25-16-26-35(6)27-17-28-36(7)29-30-38-37(8)39(43)41(45-9)42(46-10)40(38)44/h31-36,43-44H,11-30H2,1-10H3. The Hall–Kier alpha value is -1.58. The molecule has 4 heteroatoms. The van der Waals surface area contributed by atoms with Crippen molar-refractivity contribution < 1.29 is 19.7 Å². The fourth-order valence-corrected chi connectivity index (χ4v) is 7.41. The quantitative estimate of drug-likeness (QED) is 0.0889. The molecule has 0 aliphatic carbocycles. The predicted molar refractivity (Wildman–Crippen MR) is 200 cm³/mol. The fourth-order valence-electron chi connectivity index (χ4n) is 7.41. The first-order valence-corrected chi connectivity index (χ1v) is 19.6. The molecule has 0 aliphatic rings. The number of ether oxygens (including phenoxy) is 2. The highest BCUT2D eigenvalue weighted by molar-refractivity contribution is 5.65. The van der Waals surface area contributed by atoms with Crippen molar-refractivity contribution in [2.45, 2.75) is 184 Å². The molecule has 0 bridgehead atoms. The summed E-state index contributed by atoms with van der Waals surface area (Å²) in [5.41, 5.74) is 1.44. The zero-order chi connectivity index (χ0) is 34.5. The van der Waals surface area contributed by atoms with Gasteiger partial charge in [-0.25, -0.2) is 0 Å². The van der Waals surface area contributed by atoms with Crippen LogP contribution in [-0.4, -0.2) is 24.4 Å². The van der Waals surface area contributed by atoms with Crippen LogP contribution in [-0.2, 0) is 6.42 Å². The van der Waals surface area contributed by atoms with Crippen LogP contribution in [0.15, 0.2) is 0 Å². The van der Waals surface area contributed by atoms with Crippen molar-refractivity contribution in [2.75, 3.05) is 14.2 Å². The predicted octanol–water partition coefficient (Wildman–Crippen LogP) is 13.2. The van der Waals surface area contributed by atoms with E-state index in [0.29, 0.717) is 11.5 Å². The van der Waals surface area contributed by atoms with Crippen molar-refractivity contribution in [3.8, 4) is 23.0 Å². The van der Waals surface area contributed by atoms with Crippen LogP contribution < -0.4 is 9.47 Å². The van der Waals surface area contributed by atoms with E-state index in [9.17, 15) is 10.2 Å². The van der Waals surface area contributed by atoms with E-state index < -0.39 is 0 Å². The van der Waals surface area contributed by atoms with Crippen LogP contribution in [0.5, 0.6) is 23.0 Å². The molecule has 0 fully saturated rings. The van der Waals surface area contributed by atoms with E-state index in [2.05, 4.69) is 48.5 Å². The third-order valence-corrected chi connectivity index (χ3v) is 11.0. The van der Waals surface area contributed by atoms with Gasteiger partial charge in [-0.2, -0.15) is 0 Å². The number of rotatable bonds is 28. The summed E-state index contributed by atoms with van der Waals surface area (Å²) in [5.74, 6) is 5.50. The molecule has 4 nitrogen and oxygen atoms in total. The second-order valence-corrected chi connectivity index (χ2v) is 15.8. The maximum absolute atomic E-state index is 10.7. The summed E-state index contributed by atoms with van der Waals surface area (Å²) in [6, 6.07) is 0. The summed E-state index contributed by atoms with van der Waals surface area (Å²) < 4.78 is 10.6. The van der Waals surface area contributed by atoms with Gasteiger partial charge in [-0.1, -0.05) is 164 Å². The van der Waals surface area contributed by atoms with Gasteiger partial charge in [0.1, 0.15) is 0 Å². The van der Waals surface area contributed by atoms with E-state index in [4.69, 9.17) is 9.47 Å². The van der Waals surface area contributed by atoms with Gasteiger partial charge in [0.25, 0.3) is 0 Å². The molecule has 0 saturated carbocycles. The van der Waals surface area contributed by atoms with Gasteiger partial charge in [0.05, 0.1) is 14.2 Å². The van der Waals surface area contributed by atoms with Crippen LogP contribution in [0.3, 0.4) is 0 Å². The molecule has 0 aliphatic heterocycles. The number of hydrogen-bond acceptors (Lipinski definition) is 4. The zero-order valence-electron chi connectivity index (χ0n) is 32.3. The largest absolute Gasteiger partial charge is 0.504 e. The molecule has 6 atom stereocenters. The van der Waals surface area contributed by atoms with Crippen LogP contribution in [0.4, 0.5) is 0 Å². The van der Waals surface area contributed by atoms with Gasteiger partial charge in [-0.15, -0.1) is 0 Å². The summed E-state index contributed by atoms with van der Waals surface area (Å²) in [4.78, 5) is 0. The van der Waals surface area contributed by atoms with Crippen molar-refractivity contribution in [2.24, 2.45) is 35.5 Å². The Morgan fingerprint density at radius 2 is 0.739 bits per heavy atom. The molecule has 6 unspecified atom stereocenters. The average molecular weight is 647 g/mol. The molecule has 270 valence electrons. The average Bonchev–Trinajstić information content (AvgIpc) is 3.01. The Bertz CT molecular complexity index is 912. The third kappa shape index (κ3) is 17.0. The lowest BCUT2D eigenvalue weighted by Crippen LogP contribution is -2.04. The molecule has 0 aromatic heterocycles. The second kappa shape index (κ2) is 24.5. The second-order valence-electron chi connectivity index (χ2n) is 15.8. The van der Waals surface area contributed by atoms with Gasteiger partial charge in [0.15, 0.2) is 11.5 Å². The zero-order valence-corrected chi connectivity index (χ0v) is 32.3. The minimum atomic E-state index is 0.0570. The molecular weight excluding hydrogens is 568 g/mol. The van der Waals surface area contributed by atoms with Crippen LogP contribution >= 0.6 is 0 Å². The molecule has 1 aromatic rings. The molecule has 2 N–H and O–H groups in total. The van der Waals surface area contributed by atoms with E-state index >= 15 is 0 Å². The smallest absolute Gasteiger partial charge is 0.207 e. The van der Waals surface area contributed by atoms with Crippen molar-refractivity contribution in [3.05, 3.63) is 11.1 Å². The number of benzene rings is 1. The van der Waals surface area contributed by atoms with Crippen LogP contribution in [0.25, 0.3) is 0 Å². The molecular formula is C42H78O4. The minimum absolute atomic E-state index is 0.0570. The maximum Gasteiger partial charge on any atom is 0.207 e. The summed E-state index contributed by atoms with van der Waals surface area (Å²) >= 11 is 0. The molecule has 0 saturated heterocycles. The van der Waals surface area contributed by atoms with Gasteiger partial charge in [0, 0.05) is 11.1 Å². The van der Waals surface area contributed by atoms with E-state index in [0.717, 1.165) is 48.0 Å². The highest BCUT2D eigenvalue weighted by atomic mass is 16.5. The maximum atomic E-state index is 10.7. The van der Waals surface area contributed by atoms with E-state index in [1.807, 2.05) is 6.92 Å². The Balaban J connectivity index is 2.14. The number of methoxy groups -OCH3 is 2. The number of hydrogen-bond donors (Lipinski definition) is 2.